The number of aryl methyl sites for hydroxylation is 2. The van der Waals surface area contributed by atoms with E-state index in [9.17, 15) is 9.59 Å². The minimum Gasteiger partial charge on any atom is -0.488 e. The Hall–Kier alpha value is -3.95. The lowest BCUT2D eigenvalue weighted by molar-refractivity contribution is -0.143. The van der Waals surface area contributed by atoms with Crippen molar-refractivity contribution in [2.75, 3.05) is 31.9 Å². The SMILES string of the molecule is CCOC(=O)CC(Cc1cc(=O)n(CCc2ccc3c(n2)NCCO3)o1)c1ccc2c(c1)OCO2. The zero-order valence-corrected chi connectivity index (χ0v) is 19.5. The maximum atomic E-state index is 12.6. The van der Waals surface area contributed by atoms with E-state index in [1.165, 1.54) is 10.8 Å². The molecule has 1 N–H and O–H groups in total. The van der Waals surface area contributed by atoms with Crippen LogP contribution in [0.4, 0.5) is 5.82 Å². The summed E-state index contributed by atoms with van der Waals surface area (Å²) in [6, 6.07) is 10.8. The van der Waals surface area contributed by atoms with Crippen LogP contribution in [0.5, 0.6) is 17.2 Å². The van der Waals surface area contributed by atoms with Gasteiger partial charge in [-0.15, -0.1) is 0 Å². The first-order valence-corrected chi connectivity index (χ1v) is 11.7. The van der Waals surface area contributed by atoms with Gasteiger partial charge >= 0.3 is 5.97 Å². The normalized spacial score (nSPS) is 14.5. The monoisotopic (exact) mass is 481 g/mol. The van der Waals surface area contributed by atoms with Gasteiger partial charge in [0.1, 0.15) is 12.4 Å². The molecule has 35 heavy (non-hydrogen) atoms. The molecule has 0 radical (unpaired) electrons. The lowest BCUT2D eigenvalue weighted by Gasteiger charge is -2.18. The Balaban J connectivity index is 1.30. The second-order valence-electron chi connectivity index (χ2n) is 8.34. The van der Waals surface area contributed by atoms with Gasteiger partial charge in [-0.1, -0.05) is 6.07 Å². The van der Waals surface area contributed by atoms with E-state index in [0.717, 1.165) is 17.0 Å². The molecule has 0 spiro atoms. The number of carbonyl (C=O) groups excluding carboxylic acids is 1. The number of fused-ring (bicyclic) bond motifs is 2. The summed E-state index contributed by atoms with van der Waals surface area (Å²) in [4.78, 5) is 29.4. The van der Waals surface area contributed by atoms with Gasteiger partial charge in [0.25, 0.3) is 5.56 Å². The molecule has 0 bridgehead atoms. The summed E-state index contributed by atoms with van der Waals surface area (Å²) in [6.45, 7) is 3.91. The van der Waals surface area contributed by atoms with Crippen molar-refractivity contribution in [3.63, 3.8) is 0 Å². The minimum atomic E-state index is -0.312. The van der Waals surface area contributed by atoms with Crippen molar-refractivity contribution < 1.29 is 28.3 Å². The summed E-state index contributed by atoms with van der Waals surface area (Å²) in [5, 5.41) is 3.21. The molecule has 1 atom stereocenters. The number of hydrogen-bond donors (Lipinski definition) is 1. The van der Waals surface area contributed by atoms with E-state index in [-0.39, 0.29) is 30.7 Å². The van der Waals surface area contributed by atoms with Crippen molar-refractivity contribution in [1.82, 2.24) is 9.72 Å². The molecule has 1 aromatic carbocycles. The number of nitrogens with one attached hydrogen (secondary N) is 1. The highest BCUT2D eigenvalue weighted by Gasteiger charge is 2.23. The van der Waals surface area contributed by atoms with Gasteiger partial charge in [-0.3, -0.25) is 9.59 Å². The molecular formula is C25H27N3O7. The maximum Gasteiger partial charge on any atom is 0.306 e. The van der Waals surface area contributed by atoms with E-state index in [0.29, 0.717) is 62.2 Å². The molecule has 4 heterocycles. The largest absolute Gasteiger partial charge is 0.488 e. The third kappa shape index (κ3) is 5.26. The number of nitrogens with zero attached hydrogens (tertiary/aromatic N) is 2. The summed E-state index contributed by atoms with van der Waals surface area (Å²) in [6.07, 6.45) is 1.03. The van der Waals surface area contributed by atoms with Crippen LogP contribution in [0, 0.1) is 0 Å². The minimum absolute atomic E-state index is 0.149. The van der Waals surface area contributed by atoms with Gasteiger partial charge in [-0.25, -0.2) is 4.98 Å². The van der Waals surface area contributed by atoms with E-state index >= 15 is 0 Å². The quantitative estimate of drug-likeness (QED) is 0.461. The van der Waals surface area contributed by atoms with Crippen LogP contribution in [-0.2, 0) is 28.9 Å². The number of esters is 1. The number of hydrogen-bond acceptors (Lipinski definition) is 9. The molecule has 5 rings (SSSR count). The molecule has 2 aliphatic heterocycles. The Morgan fingerprint density at radius 2 is 2.00 bits per heavy atom. The second-order valence-corrected chi connectivity index (χ2v) is 8.34. The molecule has 10 nitrogen and oxygen atoms in total. The van der Waals surface area contributed by atoms with Crippen LogP contribution < -0.4 is 25.1 Å². The molecule has 0 aliphatic carbocycles. The summed E-state index contributed by atoms with van der Waals surface area (Å²) in [5.41, 5.74) is 1.47. The van der Waals surface area contributed by atoms with Crippen molar-refractivity contribution in [3.05, 3.63) is 63.8 Å². The average Bonchev–Trinajstić information content (AvgIpc) is 3.47. The van der Waals surface area contributed by atoms with Gasteiger partial charge in [0.2, 0.25) is 6.79 Å². The second kappa shape index (κ2) is 10.1. The third-order valence-electron chi connectivity index (χ3n) is 5.93. The first-order valence-electron chi connectivity index (χ1n) is 11.7. The van der Waals surface area contributed by atoms with Crippen LogP contribution >= 0.6 is 0 Å². The van der Waals surface area contributed by atoms with Crippen LogP contribution in [0.1, 0.15) is 36.3 Å². The van der Waals surface area contributed by atoms with Crippen LogP contribution in [0.15, 0.2) is 45.7 Å². The smallest absolute Gasteiger partial charge is 0.306 e. The zero-order chi connectivity index (χ0) is 24.2. The van der Waals surface area contributed by atoms with Crippen molar-refractivity contribution in [1.29, 1.82) is 0 Å². The molecule has 10 heteroatoms. The first kappa shape index (κ1) is 22.8. The Bertz CT molecular complexity index is 1270. The number of aromatic nitrogens is 2. The molecule has 2 aliphatic rings. The standard InChI is InChI=1S/C25H27N3O7/c1-2-31-24(30)13-17(16-3-5-20-22(12-16)34-15-33-20)11-19-14-23(29)28(35-19)9-7-18-4-6-21-25(27-18)26-8-10-32-21/h3-6,12,14,17H,2,7-11,13,15H2,1H3,(H,26,27). The fourth-order valence-electron chi connectivity index (χ4n) is 4.23. The summed E-state index contributed by atoms with van der Waals surface area (Å²) in [5.74, 6) is 2.67. The van der Waals surface area contributed by atoms with E-state index in [1.807, 2.05) is 30.3 Å². The summed E-state index contributed by atoms with van der Waals surface area (Å²) >= 11 is 0. The Morgan fingerprint density at radius 3 is 2.89 bits per heavy atom. The molecule has 0 amide bonds. The highest BCUT2D eigenvalue weighted by atomic mass is 16.7. The maximum absolute atomic E-state index is 12.6. The van der Waals surface area contributed by atoms with Gasteiger partial charge in [0.05, 0.1) is 26.1 Å². The number of rotatable bonds is 9. The number of pyridine rings is 1. The van der Waals surface area contributed by atoms with Crippen molar-refractivity contribution in [2.45, 2.75) is 38.6 Å². The summed E-state index contributed by atoms with van der Waals surface area (Å²) < 4.78 is 28.8. The molecule has 2 aromatic heterocycles. The predicted molar refractivity (Wildman–Crippen MR) is 125 cm³/mol. The van der Waals surface area contributed by atoms with E-state index in [2.05, 4.69) is 10.3 Å². The van der Waals surface area contributed by atoms with Gasteiger partial charge in [0.15, 0.2) is 23.1 Å². The Labute approximate surface area is 201 Å². The van der Waals surface area contributed by atoms with Gasteiger partial charge in [0, 0.05) is 30.5 Å². The first-order chi connectivity index (χ1) is 17.1. The van der Waals surface area contributed by atoms with E-state index in [4.69, 9.17) is 23.5 Å². The number of carbonyl (C=O) groups is 1. The highest BCUT2D eigenvalue weighted by Crippen LogP contribution is 2.36. The molecule has 0 fully saturated rings. The van der Waals surface area contributed by atoms with Gasteiger partial charge in [-0.2, -0.15) is 4.74 Å². The van der Waals surface area contributed by atoms with Gasteiger partial charge < -0.3 is 28.8 Å². The Kier molecular flexibility index (Phi) is 6.60. The molecule has 0 saturated heterocycles. The topological polar surface area (TPSA) is 114 Å². The van der Waals surface area contributed by atoms with Crippen LogP contribution in [0.25, 0.3) is 0 Å². The Morgan fingerprint density at radius 1 is 1.14 bits per heavy atom. The fourth-order valence-corrected chi connectivity index (χ4v) is 4.23. The van der Waals surface area contributed by atoms with Crippen molar-refractivity contribution in [2.24, 2.45) is 0 Å². The molecule has 1 unspecified atom stereocenters. The van der Waals surface area contributed by atoms with Gasteiger partial charge in [-0.05, 0) is 36.8 Å². The molecule has 0 saturated carbocycles. The summed E-state index contributed by atoms with van der Waals surface area (Å²) in [7, 11) is 0. The lowest BCUT2D eigenvalue weighted by atomic mass is 9.91. The number of ether oxygens (including phenoxy) is 4. The third-order valence-corrected chi connectivity index (χ3v) is 5.93. The number of benzene rings is 1. The zero-order valence-electron chi connectivity index (χ0n) is 19.5. The van der Waals surface area contributed by atoms with Crippen molar-refractivity contribution >= 4 is 11.8 Å². The van der Waals surface area contributed by atoms with E-state index < -0.39 is 0 Å². The fraction of sp³-hybridized carbons (Fsp3) is 0.400. The van der Waals surface area contributed by atoms with Crippen LogP contribution in [-0.4, -0.2) is 42.2 Å². The number of anilines is 1. The van der Waals surface area contributed by atoms with Crippen LogP contribution in [0.2, 0.25) is 0 Å². The molecular weight excluding hydrogens is 454 g/mol. The molecule has 184 valence electrons. The predicted octanol–water partition coefficient (Wildman–Crippen LogP) is 2.89. The lowest BCUT2D eigenvalue weighted by Crippen LogP contribution is -2.20. The van der Waals surface area contributed by atoms with Crippen molar-refractivity contribution in [3.8, 4) is 17.2 Å². The van der Waals surface area contributed by atoms with E-state index in [1.54, 1.807) is 6.92 Å². The highest BCUT2D eigenvalue weighted by molar-refractivity contribution is 5.70. The average molecular weight is 482 g/mol. The van der Waals surface area contributed by atoms with Crippen LogP contribution in [0.3, 0.4) is 0 Å². The molecule has 3 aromatic rings.